The molecule has 1 aliphatic heterocycles. The molecule has 2 heterocycles. The zero-order valence-corrected chi connectivity index (χ0v) is 11.6. The van der Waals surface area contributed by atoms with Crippen molar-refractivity contribution in [1.29, 1.82) is 0 Å². The molecule has 1 saturated heterocycles. The molecule has 18 heavy (non-hydrogen) atoms. The van der Waals surface area contributed by atoms with Gasteiger partial charge in [-0.25, -0.2) is 0 Å². The fraction of sp³-hybridized carbons (Fsp3) is 0.833. The normalized spacial score (nSPS) is 19.3. The molecule has 0 amide bonds. The topological polar surface area (TPSA) is 63.2 Å². The van der Waals surface area contributed by atoms with E-state index in [1.54, 1.807) is 0 Å². The SMILES string of the molecule is CN1CCN(CCn2cc(C(C)(C)N)nn2)CC1. The van der Waals surface area contributed by atoms with Gasteiger partial charge in [-0.15, -0.1) is 5.10 Å². The quantitative estimate of drug-likeness (QED) is 0.798. The average Bonchev–Trinajstić information content (AvgIpc) is 2.77. The number of hydrogen-bond acceptors (Lipinski definition) is 5. The standard InChI is InChI=1S/C12H24N6/c1-12(2,13)11-10-18(15-14-11)9-8-17-6-4-16(3)5-7-17/h10H,4-9,13H2,1-3H3. The molecule has 0 radical (unpaired) electrons. The fourth-order valence-electron chi connectivity index (χ4n) is 2.02. The summed E-state index contributed by atoms with van der Waals surface area (Å²) in [7, 11) is 2.17. The van der Waals surface area contributed by atoms with Crippen molar-refractivity contribution in [2.24, 2.45) is 5.73 Å². The van der Waals surface area contributed by atoms with Gasteiger partial charge in [0.25, 0.3) is 0 Å². The molecule has 0 unspecified atom stereocenters. The molecule has 1 fully saturated rings. The summed E-state index contributed by atoms with van der Waals surface area (Å²) in [6.45, 7) is 10.4. The summed E-state index contributed by atoms with van der Waals surface area (Å²) in [5.74, 6) is 0. The predicted molar refractivity (Wildman–Crippen MR) is 71.2 cm³/mol. The molecule has 0 aliphatic carbocycles. The second-order valence-electron chi connectivity index (χ2n) is 5.73. The predicted octanol–water partition coefficient (Wildman–Crippen LogP) is -0.281. The molecule has 102 valence electrons. The summed E-state index contributed by atoms with van der Waals surface area (Å²) in [4.78, 5) is 4.83. The second-order valence-corrected chi connectivity index (χ2v) is 5.73. The summed E-state index contributed by atoms with van der Waals surface area (Å²) in [5, 5.41) is 8.26. The van der Waals surface area contributed by atoms with E-state index < -0.39 is 5.54 Å². The number of rotatable bonds is 4. The summed E-state index contributed by atoms with van der Waals surface area (Å²) < 4.78 is 1.89. The Labute approximate surface area is 109 Å². The van der Waals surface area contributed by atoms with E-state index in [-0.39, 0.29) is 0 Å². The van der Waals surface area contributed by atoms with E-state index >= 15 is 0 Å². The summed E-state index contributed by atoms with van der Waals surface area (Å²) in [6.07, 6.45) is 1.95. The maximum atomic E-state index is 5.99. The van der Waals surface area contributed by atoms with Gasteiger partial charge in [-0.1, -0.05) is 5.21 Å². The molecule has 0 spiro atoms. The highest BCUT2D eigenvalue weighted by atomic mass is 15.4. The molecule has 2 rings (SSSR count). The molecule has 1 aromatic rings. The summed E-state index contributed by atoms with van der Waals surface area (Å²) >= 11 is 0. The lowest BCUT2D eigenvalue weighted by Gasteiger charge is -2.32. The Balaban J connectivity index is 1.82. The van der Waals surface area contributed by atoms with Gasteiger partial charge in [0.1, 0.15) is 5.69 Å². The van der Waals surface area contributed by atoms with Crippen LogP contribution in [-0.2, 0) is 12.1 Å². The number of aromatic nitrogens is 3. The number of hydrogen-bond donors (Lipinski definition) is 1. The van der Waals surface area contributed by atoms with Crippen molar-refractivity contribution < 1.29 is 0 Å². The Morgan fingerprint density at radius 3 is 2.44 bits per heavy atom. The monoisotopic (exact) mass is 252 g/mol. The first-order valence-corrected chi connectivity index (χ1v) is 6.55. The van der Waals surface area contributed by atoms with Crippen molar-refractivity contribution in [3.05, 3.63) is 11.9 Å². The first-order valence-electron chi connectivity index (χ1n) is 6.55. The van der Waals surface area contributed by atoms with E-state index in [9.17, 15) is 0 Å². The van der Waals surface area contributed by atoms with Crippen LogP contribution in [0, 0.1) is 0 Å². The zero-order chi connectivity index (χ0) is 13.2. The molecular formula is C12H24N6. The highest BCUT2D eigenvalue weighted by Crippen LogP contribution is 2.12. The molecule has 2 N–H and O–H groups in total. The van der Waals surface area contributed by atoms with Gasteiger partial charge in [-0.05, 0) is 20.9 Å². The third kappa shape index (κ3) is 3.51. The van der Waals surface area contributed by atoms with Crippen molar-refractivity contribution in [2.75, 3.05) is 39.8 Å². The van der Waals surface area contributed by atoms with E-state index in [1.807, 2.05) is 24.7 Å². The first kappa shape index (κ1) is 13.5. The molecule has 0 bridgehead atoms. The molecule has 6 heteroatoms. The maximum absolute atomic E-state index is 5.99. The average molecular weight is 252 g/mol. The third-order valence-corrected chi connectivity index (χ3v) is 3.44. The van der Waals surface area contributed by atoms with Crippen LogP contribution in [0.5, 0.6) is 0 Å². The lowest BCUT2D eigenvalue weighted by molar-refractivity contribution is 0.148. The molecule has 1 aromatic heterocycles. The molecule has 0 aromatic carbocycles. The van der Waals surface area contributed by atoms with Crippen LogP contribution in [0.4, 0.5) is 0 Å². The Morgan fingerprint density at radius 2 is 1.89 bits per heavy atom. The molecule has 0 atom stereocenters. The third-order valence-electron chi connectivity index (χ3n) is 3.44. The number of nitrogens with two attached hydrogens (primary N) is 1. The minimum absolute atomic E-state index is 0.411. The van der Waals surface area contributed by atoms with Gasteiger partial charge < -0.3 is 10.6 Å². The van der Waals surface area contributed by atoms with Crippen molar-refractivity contribution in [3.8, 4) is 0 Å². The number of piperazine rings is 1. The lowest BCUT2D eigenvalue weighted by Crippen LogP contribution is -2.45. The van der Waals surface area contributed by atoms with E-state index in [0.29, 0.717) is 0 Å². The molecule has 6 nitrogen and oxygen atoms in total. The Kier molecular flexibility index (Phi) is 3.99. The first-order chi connectivity index (χ1) is 8.45. The van der Waals surface area contributed by atoms with E-state index in [1.165, 1.54) is 0 Å². The molecule has 1 aliphatic rings. The van der Waals surface area contributed by atoms with Crippen LogP contribution in [0.15, 0.2) is 6.20 Å². The van der Waals surface area contributed by atoms with Crippen molar-refractivity contribution in [1.82, 2.24) is 24.8 Å². The van der Waals surface area contributed by atoms with Gasteiger partial charge in [0.2, 0.25) is 0 Å². The maximum Gasteiger partial charge on any atom is 0.102 e. The molecule has 0 saturated carbocycles. The lowest BCUT2D eigenvalue weighted by atomic mass is 10.0. The highest BCUT2D eigenvalue weighted by Gasteiger charge is 2.18. The molecular weight excluding hydrogens is 228 g/mol. The summed E-state index contributed by atoms with van der Waals surface area (Å²) in [6, 6.07) is 0. The van der Waals surface area contributed by atoms with Gasteiger partial charge >= 0.3 is 0 Å². The Hall–Kier alpha value is -0.980. The van der Waals surface area contributed by atoms with Gasteiger partial charge in [0.15, 0.2) is 0 Å². The van der Waals surface area contributed by atoms with Crippen LogP contribution in [0.3, 0.4) is 0 Å². The van der Waals surface area contributed by atoms with Crippen LogP contribution in [0.2, 0.25) is 0 Å². The number of likely N-dealkylation sites (N-methyl/N-ethyl adjacent to an activating group) is 1. The summed E-state index contributed by atoms with van der Waals surface area (Å²) in [5.41, 5.74) is 6.43. The minimum Gasteiger partial charge on any atom is -0.320 e. The van der Waals surface area contributed by atoms with Gasteiger partial charge in [0, 0.05) is 32.7 Å². The van der Waals surface area contributed by atoms with Gasteiger partial charge in [-0.3, -0.25) is 9.58 Å². The van der Waals surface area contributed by atoms with Gasteiger partial charge in [-0.2, -0.15) is 0 Å². The highest BCUT2D eigenvalue weighted by molar-refractivity contribution is 5.05. The van der Waals surface area contributed by atoms with Crippen LogP contribution in [-0.4, -0.2) is 64.6 Å². The van der Waals surface area contributed by atoms with E-state index in [4.69, 9.17) is 5.73 Å². The zero-order valence-electron chi connectivity index (χ0n) is 11.6. The minimum atomic E-state index is -0.411. The van der Waals surface area contributed by atoms with Crippen molar-refractivity contribution in [2.45, 2.75) is 25.9 Å². The Bertz CT molecular complexity index is 372. The van der Waals surface area contributed by atoms with Crippen LogP contribution in [0.25, 0.3) is 0 Å². The largest absolute Gasteiger partial charge is 0.320 e. The van der Waals surface area contributed by atoms with E-state index in [2.05, 4.69) is 27.2 Å². The van der Waals surface area contributed by atoms with Gasteiger partial charge in [0.05, 0.1) is 18.3 Å². The van der Waals surface area contributed by atoms with Crippen LogP contribution >= 0.6 is 0 Å². The Morgan fingerprint density at radius 1 is 1.22 bits per heavy atom. The van der Waals surface area contributed by atoms with Crippen molar-refractivity contribution >= 4 is 0 Å². The second kappa shape index (κ2) is 5.34. The fourth-order valence-corrected chi connectivity index (χ4v) is 2.02. The number of nitrogens with zero attached hydrogens (tertiary/aromatic N) is 5. The van der Waals surface area contributed by atoms with Crippen LogP contribution < -0.4 is 5.73 Å². The smallest absolute Gasteiger partial charge is 0.102 e. The van der Waals surface area contributed by atoms with Crippen molar-refractivity contribution in [3.63, 3.8) is 0 Å². The van der Waals surface area contributed by atoms with E-state index in [0.717, 1.165) is 45.0 Å². The van der Waals surface area contributed by atoms with Crippen LogP contribution in [0.1, 0.15) is 19.5 Å².